The number of esters is 1. The van der Waals surface area contributed by atoms with Crippen LogP contribution in [0, 0.1) is 11.3 Å². The number of amides is 1. The van der Waals surface area contributed by atoms with Crippen LogP contribution in [0.15, 0.2) is 22.9 Å². The van der Waals surface area contributed by atoms with Crippen molar-refractivity contribution < 1.29 is 14.3 Å². The zero-order valence-corrected chi connectivity index (χ0v) is 16.0. The monoisotopic (exact) mass is 389 g/mol. The molecule has 1 atom stereocenters. The van der Waals surface area contributed by atoms with Crippen LogP contribution in [0.3, 0.4) is 0 Å². The molecule has 26 heavy (non-hydrogen) atoms. The summed E-state index contributed by atoms with van der Waals surface area (Å²) in [5, 5.41) is 16.5. The van der Waals surface area contributed by atoms with Crippen LogP contribution in [-0.4, -0.2) is 28.5 Å². The summed E-state index contributed by atoms with van der Waals surface area (Å²) in [6.07, 6.45) is 3.17. The first-order valence-corrected chi connectivity index (χ1v) is 10.2. The molecule has 1 fully saturated rings. The second-order valence-corrected chi connectivity index (χ2v) is 8.11. The largest absolute Gasteiger partial charge is 0.448 e. The summed E-state index contributed by atoms with van der Waals surface area (Å²) in [5.74, 6) is -1.09. The molecule has 0 saturated heterocycles. The van der Waals surface area contributed by atoms with Gasteiger partial charge in [-0.15, -0.1) is 22.7 Å². The highest BCUT2D eigenvalue weighted by Gasteiger charge is 2.35. The van der Waals surface area contributed by atoms with Crippen molar-refractivity contribution in [2.75, 3.05) is 0 Å². The maximum Gasteiger partial charge on any atom is 0.358 e. The van der Waals surface area contributed by atoms with Gasteiger partial charge < -0.3 is 10.1 Å². The fourth-order valence-corrected chi connectivity index (χ4v) is 4.52. The van der Waals surface area contributed by atoms with Crippen molar-refractivity contribution in [1.82, 2.24) is 10.3 Å². The van der Waals surface area contributed by atoms with Gasteiger partial charge in [0, 0.05) is 5.38 Å². The molecule has 0 spiro atoms. The van der Waals surface area contributed by atoms with Crippen LogP contribution in [0.25, 0.3) is 9.88 Å². The molecule has 2 aromatic heterocycles. The average Bonchev–Trinajstić information content (AvgIpc) is 3.33. The SMILES string of the molecule is C[C@H](OC(=O)c1csc(-c2cccs2)n1)C(=O)NC1(C#N)CCCCC1. The number of carbonyl (C=O) groups is 2. The molecule has 136 valence electrons. The van der Waals surface area contributed by atoms with E-state index in [1.165, 1.54) is 18.3 Å². The molecule has 8 heteroatoms. The van der Waals surface area contributed by atoms with Crippen molar-refractivity contribution in [3.63, 3.8) is 0 Å². The third-order valence-electron chi connectivity index (χ3n) is 4.38. The summed E-state index contributed by atoms with van der Waals surface area (Å²) in [4.78, 5) is 29.9. The highest BCUT2D eigenvalue weighted by molar-refractivity contribution is 7.20. The Hall–Kier alpha value is -2.24. The molecular weight excluding hydrogens is 370 g/mol. The minimum absolute atomic E-state index is 0.186. The van der Waals surface area contributed by atoms with Gasteiger partial charge >= 0.3 is 5.97 Å². The smallest absolute Gasteiger partial charge is 0.358 e. The average molecular weight is 390 g/mol. The lowest BCUT2D eigenvalue weighted by atomic mass is 9.83. The lowest BCUT2D eigenvalue weighted by Crippen LogP contribution is -2.52. The van der Waals surface area contributed by atoms with Crippen LogP contribution in [0.5, 0.6) is 0 Å². The molecule has 0 unspecified atom stereocenters. The standard InChI is InChI=1S/C18H19N3O3S2/c1-12(15(22)21-18(11-19)7-3-2-4-8-18)24-17(23)13-10-26-16(20-13)14-6-5-9-25-14/h5-6,9-10,12H,2-4,7-8H2,1H3,(H,21,22)/t12-/m0/s1. The van der Waals surface area contributed by atoms with Crippen LogP contribution in [0.4, 0.5) is 0 Å². The topological polar surface area (TPSA) is 92.1 Å². The second-order valence-electron chi connectivity index (χ2n) is 6.31. The van der Waals surface area contributed by atoms with Crippen molar-refractivity contribution in [2.45, 2.75) is 50.7 Å². The van der Waals surface area contributed by atoms with Gasteiger partial charge in [-0.05, 0) is 31.2 Å². The molecule has 0 radical (unpaired) electrons. The summed E-state index contributed by atoms with van der Waals surface area (Å²) in [6, 6.07) is 6.07. The zero-order chi connectivity index (χ0) is 18.6. The Morgan fingerprint density at radius 1 is 1.35 bits per heavy atom. The van der Waals surface area contributed by atoms with Crippen LogP contribution in [0.1, 0.15) is 49.5 Å². The molecule has 3 rings (SSSR count). The summed E-state index contributed by atoms with van der Waals surface area (Å²) in [7, 11) is 0. The molecule has 1 aliphatic carbocycles. The fraction of sp³-hybridized carbons (Fsp3) is 0.444. The third kappa shape index (κ3) is 4.11. The van der Waals surface area contributed by atoms with E-state index in [1.54, 1.807) is 16.7 Å². The van der Waals surface area contributed by atoms with Crippen LogP contribution >= 0.6 is 22.7 Å². The van der Waals surface area contributed by atoms with Crippen molar-refractivity contribution in [3.8, 4) is 16.0 Å². The molecule has 2 heterocycles. The normalized spacial score (nSPS) is 17.1. The van der Waals surface area contributed by atoms with Crippen LogP contribution in [0.2, 0.25) is 0 Å². The molecule has 1 N–H and O–H groups in total. The predicted octanol–water partition coefficient (Wildman–Crippen LogP) is 3.76. The molecule has 2 aromatic rings. The number of nitrogens with zero attached hydrogens (tertiary/aromatic N) is 2. The van der Waals surface area contributed by atoms with E-state index < -0.39 is 23.5 Å². The van der Waals surface area contributed by atoms with Gasteiger partial charge in [0.05, 0.1) is 10.9 Å². The maximum atomic E-state index is 12.4. The Morgan fingerprint density at radius 2 is 2.12 bits per heavy atom. The van der Waals surface area contributed by atoms with E-state index in [2.05, 4.69) is 16.4 Å². The van der Waals surface area contributed by atoms with Gasteiger partial charge in [0.15, 0.2) is 11.8 Å². The molecule has 6 nitrogen and oxygen atoms in total. The van der Waals surface area contributed by atoms with Gasteiger partial charge in [0.25, 0.3) is 5.91 Å². The Balaban J connectivity index is 1.60. The Bertz CT molecular complexity index is 817. The number of carbonyl (C=O) groups excluding carboxylic acids is 2. The number of ether oxygens (including phenoxy) is 1. The van der Waals surface area contributed by atoms with Crippen LogP contribution in [-0.2, 0) is 9.53 Å². The Morgan fingerprint density at radius 3 is 2.77 bits per heavy atom. The minimum Gasteiger partial charge on any atom is -0.448 e. The van der Waals surface area contributed by atoms with Gasteiger partial charge in [-0.2, -0.15) is 5.26 Å². The van der Waals surface area contributed by atoms with Crippen molar-refractivity contribution in [2.24, 2.45) is 0 Å². The molecule has 1 saturated carbocycles. The lowest BCUT2D eigenvalue weighted by molar-refractivity contribution is -0.130. The number of thiazole rings is 1. The molecule has 1 amide bonds. The maximum absolute atomic E-state index is 12.4. The number of hydrogen-bond acceptors (Lipinski definition) is 7. The minimum atomic E-state index is -0.985. The highest BCUT2D eigenvalue weighted by Crippen LogP contribution is 2.29. The first-order valence-electron chi connectivity index (χ1n) is 8.47. The van der Waals surface area contributed by atoms with E-state index in [-0.39, 0.29) is 5.69 Å². The number of hydrogen-bond donors (Lipinski definition) is 1. The van der Waals surface area contributed by atoms with E-state index in [9.17, 15) is 14.9 Å². The van der Waals surface area contributed by atoms with E-state index in [0.29, 0.717) is 12.8 Å². The molecule has 0 bridgehead atoms. The number of thiophene rings is 1. The lowest BCUT2D eigenvalue weighted by Gasteiger charge is -2.32. The van der Waals surface area contributed by atoms with Gasteiger partial charge in [-0.3, -0.25) is 4.79 Å². The molecule has 0 aliphatic heterocycles. The highest BCUT2D eigenvalue weighted by atomic mass is 32.1. The van der Waals surface area contributed by atoms with Crippen molar-refractivity contribution in [1.29, 1.82) is 5.26 Å². The van der Waals surface area contributed by atoms with Gasteiger partial charge in [-0.25, -0.2) is 9.78 Å². The van der Waals surface area contributed by atoms with Crippen molar-refractivity contribution in [3.05, 3.63) is 28.6 Å². The first kappa shape index (κ1) is 18.5. The van der Waals surface area contributed by atoms with E-state index >= 15 is 0 Å². The number of rotatable bonds is 5. The second kappa shape index (κ2) is 7.98. The quantitative estimate of drug-likeness (QED) is 0.786. The summed E-state index contributed by atoms with van der Waals surface area (Å²) >= 11 is 2.90. The summed E-state index contributed by atoms with van der Waals surface area (Å²) < 4.78 is 5.25. The Labute approximate surface area is 159 Å². The van der Waals surface area contributed by atoms with Gasteiger partial charge in [0.2, 0.25) is 0 Å². The fourth-order valence-electron chi connectivity index (χ4n) is 2.91. The van der Waals surface area contributed by atoms with Crippen molar-refractivity contribution >= 4 is 34.6 Å². The third-order valence-corrected chi connectivity index (χ3v) is 6.26. The van der Waals surface area contributed by atoms with Gasteiger partial charge in [0.1, 0.15) is 10.5 Å². The number of aromatic nitrogens is 1. The van der Waals surface area contributed by atoms with E-state index in [1.807, 2.05) is 17.5 Å². The molecular formula is C18H19N3O3S2. The predicted molar refractivity (Wildman–Crippen MR) is 99.9 cm³/mol. The van der Waals surface area contributed by atoms with Gasteiger partial charge in [-0.1, -0.05) is 25.3 Å². The molecule has 1 aliphatic rings. The first-order chi connectivity index (χ1) is 12.5. The molecule has 0 aromatic carbocycles. The van der Waals surface area contributed by atoms with Crippen LogP contribution < -0.4 is 5.32 Å². The zero-order valence-electron chi connectivity index (χ0n) is 14.4. The summed E-state index contributed by atoms with van der Waals surface area (Å²) in [6.45, 7) is 1.51. The Kier molecular flexibility index (Phi) is 5.69. The number of nitriles is 1. The number of nitrogens with one attached hydrogen (secondary N) is 1. The summed E-state index contributed by atoms with van der Waals surface area (Å²) in [5.41, 5.74) is -0.658. The van der Waals surface area contributed by atoms with E-state index in [0.717, 1.165) is 29.1 Å². The van der Waals surface area contributed by atoms with E-state index in [4.69, 9.17) is 4.74 Å².